The molecule has 3 N–H and O–H groups in total. The van der Waals surface area contributed by atoms with Crippen molar-refractivity contribution in [3.8, 4) is 11.5 Å². The lowest BCUT2D eigenvalue weighted by Crippen LogP contribution is -2.12. The van der Waals surface area contributed by atoms with Crippen LogP contribution in [0, 0.1) is 6.92 Å². The van der Waals surface area contributed by atoms with E-state index < -0.39 is 5.91 Å². The molecule has 0 bridgehead atoms. The average Bonchev–Trinajstić information content (AvgIpc) is 2.32. The fourth-order valence-corrected chi connectivity index (χ4v) is 1.45. The molecule has 0 saturated heterocycles. The van der Waals surface area contributed by atoms with Crippen LogP contribution in [-0.2, 0) is 0 Å². The van der Waals surface area contributed by atoms with Gasteiger partial charge in [0, 0.05) is 11.8 Å². The molecule has 0 fully saturated rings. The number of carbonyl (C=O) groups excluding carboxylic acids is 1. The molecule has 0 atom stereocenters. The zero-order valence-electron chi connectivity index (χ0n) is 9.71. The minimum absolute atomic E-state index is 0.0911. The molecule has 5 nitrogen and oxygen atoms in total. The SMILES string of the molecule is Cc1ccc(NC(=O)c2ccc(O)cc2O)cn1. The largest absolute Gasteiger partial charge is 0.508 e. The van der Waals surface area contributed by atoms with Gasteiger partial charge in [0.15, 0.2) is 0 Å². The molecule has 0 radical (unpaired) electrons. The van der Waals surface area contributed by atoms with E-state index >= 15 is 0 Å². The van der Waals surface area contributed by atoms with Crippen LogP contribution in [0.4, 0.5) is 5.69 Å². The van der Waals surface area contributed by atoms with E-state index in [9.17, 15) is 9.90 Å². The number of anilines is 1. The molecular weight excluding hydrogens is 232 g/mol. The van der Waals surface area contributed by atoms with Gasteiger partial charge in [0.2, 0.25) is 0 Å². The van der Waals surface area contributed by atoms with Crippen molar-refractivity contribution in [3.63, 3.8) is 0 Å². The first kappa shape index (κ1) is 11.9. The molecule has 1 amide bonds. The highest BCUT2D eigenvalue weighted by Gasteiger charge is 2.11. The van der Waals surface area contributed by atoms with Crippen LogP contribution >= 0.6 is 0 Å². The molecule has 92 valence electrons. The Morgan fingerprint density at radius 1 is 1.22 bits per heavy atom. The minimum atomic E-state index is -0.460. The van der Waals surface area contributed by atoms with Crippen LogP contribution in [-0.4, -0.2) is 21.1 Å². The molecule has 1 aromatic carbocycles. The van der Waals surface area contributed by atoms with Crippen molar-refractivity contribution >= 4 is 11.6 Å². The summed E-state index contributed by atoms with van der Waals surface area (Å²) in [5.74, 6) is -0.827. The number of hydrogen-bond acceptors (Lipinski definition) is 4. The maximum absolute atomic E-state index is 11.9. The fourth-order valence-electron chi connectivity index (χ4n) is 1.45. The topological polar surface area (TPSA) is 82.5 Å². The van der Waals surface area contributed by atoms with Crippen molar-refractivity contribution in [1.29, 1.82) is 0 Å². The first-order valence-corrected chi connectivity index (χ1v) is 5.32. The number of aromatic nitrogens is 1. The summed E-state index contributed by atoms with van der Waals surface area (Å²) in [6, 6.07) is 7.29. The fraction of sp³-hybridized carbons (Fsp3) is 0.0769. The molecule has 18 heavy (non-hydrogen) atoms. The highest BCUT2D eigenvalue weighted by atomic mass is 16.3. The molecule has 0 spiro atoms. The number of pyridine rings is 1. The summed E-state index contributed by atoms with van der Waals surface area (Å²) in [5, 5.41) is 21.3. The Hall–Kier alpha value is -2.56. The average molecular weight is 244 g/mol. The predicted molar refractivity (Wildman–Crippen MR) is 66.7 cm³/mol. The molecule has 0 aliphatic rings. The first-order valence-electron chi connectivity index (χ1n) is 5.32. The Balaban J connectivity index is 2.19. The Morgan fingerprint density at radius 2 is 2.00 bits per heavy atom. The van der Waals surface area contributed by atoms with E-state index in [1.807, 2.05) is 6.92 Å². The second-order valence-corrected chi connectivity index (χ2v) is 3.84. The number of nitrogens with zero attached hydrogens (tertiary/aromatic N) is 1. The number of aryl methyl sites for hydroxylation is 1. The van der Waals surface area contributed by atoms with Gasteiger partial charge in [-0.25, -0.2) is 0 Å². The molecule has 0 aliphatic carbocycles. The van der Waals surface area contributed by atoms with Crippen molar-refractivity contribution in [1.82, 2.24) is 4.98 Å². The highest BCUT2D eigenvalue weighted by Crippen LogP contribution is 2.23. The third kappa shape index (κ3) is 2.57. The van der Waals surface area contributed by atoms with Crippen LogP contribution in [0.15, 0.2) is 36.5 Å². The monoisotopic (exact) mass is 244 g/mol. The van der Waals surface area contributed by atoms with Crippen LogP contribution in [0.2, 0.25) is 0 Å². The lowest BCUT2D eigenvalue weighted by Gasteiger charge is -2.07. The maximum Gasteiger partial charge on any atom is 0.259 e. The number of carbonyl (C=O) groups is 1. The third-order valence-corrected chi connectivity index (χ3v) is 2.40. The van der Waals surface area contributed by atoms with Crippen molar-refractivity contribution in [2.45, 2.75) is 6.92 Å². The van der Waals surface area contributed by atoms with E-state index in [1.165, 1.54) is 18.3 Å². The number of rotatable bonds is 2. The Labute approximate surface area is 104 Å². The normalized spacial score (nSPS) is 10.1. The van der Waals surface area contributed by atoms with Gasteiger partial charge in [-0.2, -0.15) is 0 Å². The molecule has 2 aromatic rings. The van der Waals surface area contributed by atoms with Crippen LogP contribution in [0.5, 0.6) is 11.5 Å². The van der Waals surface area contributed by atoms with Crippen molar-refractivity contribution in [2.24, 2.45) is 0 Å². The van der Waals surface area contributed by atoms with Crippen LogP contribution in [0.25, 0.3) is 0 Å². The molecule has 0 unspecified atom stereocenters. The summed E-state index contributed by atoms with van der Waals surface area (Å²) >= 11 is 0. The molecular formula is C13H12N2O3. The zero-order valence-corrected chi connectivity index (χ0v) is 9.71. The van der Waals surface area contributed by atoms with Crippen LogP contribution in [0.3, 0.4) is 0 Å². The van der Waals surface area contributed by atoms with Gasteiger partial charge in [0.25, 0.3) is 5.91 Å². The molecule has 1 heterocycles. The molecule has 0 aliphatic heterocycles. The summed E-state index contributed by atoms with van der Waals surface area (Å²) in [6.07, 6.45) is 1.53. The van der Waals surface area contributed by atoms with Crippen LogP contribution in [0.1, 0.15) is 16.1 Å². The van der Waals surface area contributed by atoms with Gasteiger partial charge in [0.05, 0.1) is 17.4 Å². The van der Waals surface area contributed by atoms with Gasteiger partial charge < -0.3 is 15.5 Å². The third-order valence-electron chi connectivity index (χ3n) is 2.40. The Morgan fingerprint density at radius 3 is 2.61 bits per heavy atom. The highest BCUT2D eigenvalue weighted by molar-refractivity contribution is 6.06. The minimum Gasteiger partial charge on any atom is -0.508 e. The second kappa shape index (κ2) is 4.75. The number of aromatic hydroxyl groups is 2. The number of benzene rings is 1. The number of phenolic OH excluding ortho intramolecular Hbond substituents is 2. The van der Waals surface area contributed by atoms with Gasteiger partial charge in [-0.1, -0.05) is 0 Å². The Kier molecular flexibility index (Phi) is 3.14. The molecule has 1 aromatic heterocycles. The van der Waals surface area contributed by atoms with E-state index in [-0.39, 0.29) is 17.1 Å². The smallest absolute Gasteiger partial charge is 0.259 e. The lowest BCUT2D eigenvalue weighted by molar-refractivity contribution is 0.102. The quantitative estimate of drug-likeness (QED) is 0.755. The lowest BCUT2D eigenvalue weighted by atomic mass is 10.1. The summed E-state index contributed by atoms with van der Waals surface area (Å²) in [7, 11) is 0. The molecule has 0 saturated carbocycles. The van der Waals surface area contributed by atoms with Gasteiger partial charge in [-0.3, -0.25) is 9.78 Å². The van der Waals surface area contributed by atoms with E-state index in [1.54, 1.807) is 12.1 Å². The predicted octanol–water partition coefficient (Wildman–Crippen LogP) is 2.05. The summed E-state index contributed by atoms with van der Waals surface area (Å²) in [5.41, 5.74) is 1.48. The van der Waals surface area contributed by atoms with Gasteiger partial charge in [0.1, 0.15) is 11.5 Å². The zero-order chi connectivity index (χ0) is 13.1. The van der Waals surface area contributed by atoms with E-state index in [2.05, 4.69) is 10.3 Å². The second-order valence-electron chi connectivity index (χ2n) is 3.84. The van der Waals surface area contributed by atoms with Crippen molar-refractivity contribution in [2.75, 3.05) is 5.32 Å². The van der Waals surface area contributed by atoms with E-state index in [0.717, 1.165) is 11.8 Å². The summed E-state index contributed by atoms with van der Waals surface area (Å²) in [6.45, 7) is 1.84. The van der Waals surface area contributed by atoms with Crippen molar-refractivity contribution < 1.29 is 15.0 Å². The van der Waals surface area contributed by atoms with Gasteiger partial charge >= 0.3 is 0 Å². The maximum atomic E-state index is 11.9. The van der Waals surface area contributed by atoms with Gasteiger partial charge in [-0.15, -0.1) is 0 Å². The van der Waals surface area contributed by atoms with Crippen LogP contribution < -0.4 is 5.32 Å². The number of nitrogens with one attached hydrogen (secondary N) is 1. The van der Waals surface area contributed by atoms with E-state index in [0.29, 0.717) is 5.69 Å². The number of hydrogen-bond donors (Lipinski definition) is 3. The molecule has 5 heteroatoms. The summed E-state index contributed by atoms with van der Waals surface area (Å²) < 4.78 is 0. The molecule has 2 rings (SSSR count). The summed E-state index contributed by atoms with van der Waals surface area (Å²) in [4.78, 5) is 15.9. The standard InChI is InChI=1S/C13H12N2O3/c1-8-2-3-9(7-14-8)15-13(18)11-5-4-10(16)6-12(11)17/h2-7,16-17H,1H3,(H,15,18). The first-order chi connectivity index (χ1) is 8.56. The van der Waals surface area contributed by atoms with Crippen molar-refractivity contribution in [3.05, 3.63) is 47.8 Å². The number of phenols is 2. The van der Waals surface area contributed by atoms with Gasteiger partial charge in [-0.05, 0) is 31.2 Å². The number of amides is 1. The Bertz CT molecular complexity index is 579. The van der Waals surface area contributed by atoms with E-state index in [4.69, 9.17) is 5.11 Å².